The van der Waals surface area contributed by atoms with Gasteiger partial charge in [-0.05, 0) is 54.9 Å². The second-order valence-corrected chi connectivity index (χ2v) is 7.67. The summed E-state index contributed by atoms with van der Waals surface area (Å²) < 4.78 is 16.2. The lowest BCUT2D eigenvalue weighted by atomic mass is 10.0. The Bertz CT molecular complexity index is 399. The van der Waals surface area contributed by atoms with Crippen LogP contribution in [0.5, 0.6) is 0 Å². The number of rotatable bonds is 9. The van der Waals surface area contributed by atoms with Gasteiger partial charge in [0.25, 0.3) is 0 Å². The fraction of sp³-hybridized carbons (Fsp3) is 0.889. The standard InChI is InChI=1S/C16H31NO6.C2H6/c1-14(2,3)23-13(20)17-9-8-15(4,5)22-11-16(6,7)21-10-12(18)19;1-2/h8-11H2,1-7H3,(H,17,20)(H,18,19);1-2H3. The fourth-order valence-corrected chi connectivity index (χ4v) is 1.52. The van der Waals surface area contributed by atoms with E-state index in [1.165, 1.54) is 0 Å². The van der Waals surface area contributed by atoms with E-state index in [1.807, 2.05) is 27.7 Å². The van der Waals surface area contributed by atoms with Crippen molar-refractivity contribution >= 4 is 12.1 Å². The third kappa shape index (κ3) is 17.3. The van der Waals surface area contributed by atoms with Crippen LogP contribution in [0.1, 0.15) is 68.7 Å². The van der Waals surface area contributed by atoms with E-state index in [-0.39, 0.29) is 13.2 Å². The zero-order chi connectivity index (χ0) is 20.3. The molecule has 0 fully saturated rings. The Kier molecular flexibility index (Phi) is 11.7. The highest BCUT2D eigenvalue weighted by Gasteiger charge is 2.26. The van der Waals surface area contributed by atoms with E-state index >= 15 is 0 Å². The zero-order valence-electron chi connectivity index (χ0n) is 17.3. The largest absolute Gasteiger partial charge is 0.480 e. The molecule has 7 nitrogen and oxygen atoms in total. The Morgan fingerprint density at radius 2 is 1.44 bits per heavy atom. The molecule has 0 unspecified atom stereocenters. The topological polar surface area (TPSA) is 94.1 Å². The fourth-order valence-electron chi connectivity index (χ4n) is 1.52. The van der Waals surface area contributed by atoms with Crippen molar-refractivity contribution in [3.8, 4) is 0 Å². The van der Waals surface area contributed by atoms with Gasteiger partial charge in [-0.1, -0.05) is 13.8 Å². The molecule has 1 amide bonds. The van der Waals surface area contributed by atoms with Crippen LogP contribution in [0.3, 0.4) is 0 Å². The van der Waals surface area contributed by atoms with E-state index in [4.69, 9.17) is 19.3 Å². The average molecular weight is 363 g/mol. The van der Waals surface area contributed by atoms with Crippen LogP contribution >= 0.6 is 0 Å². The first-order chi connectivity index (χ1) is 11.2. The Morgan fingerprint density at radius 1 is 0.920 bits per heavy atom. The molecule has 0 bridgehead atoms. The number of carboxylic acid groups (broad SMARTS) is 1. The van der Waals surface area contributed by atoms with Gasteiger partial charge >= 0.3 is 12.1 Å². The van der Waals surface area contributed by atoms with Gasteiger partial charge in [0.1, 0.15) is 12.2 Å². The maximum atomic E-state index is 11.6. The van der Waals surface area contributed by atoms with Crippen LogP contribution in [-0.4, -0.2) is 53.7 Å². The molecule has 0 atom stereocenters. The number of amides is 1. The highest BCUT2D eigenvalue weighted by Crippen LogP contribution is 2.19. The maximum Gasteiger partial charge on any atom is 0.407 e. The van der Waals surface area contributed by atoms with Crippen LogP contribution in [-0.2, 0) is 19.0 Å². The quantitative estimate of drug-likeness (QED) is 0.650. The molecule has 0 saturated carbocycles. The summed E-state index contributed by atoms with van der Waals surface area (Å²) in [7, 11) is 0. The first kappa shape index (κ1) is 25.9. The molecule has 0 aliphatic carbocycles. The molecule has 0 aromatic carbocycles. The van der Waals surface area contributed by atoms with Gasteiger partial charge in [-0.15, -0.1) is 0 Å². The predicted octanol–water partition coefficient (Wildman–Crippen LogP) is 3.60. The van der Waals surface area contributed by atoms with Gasteiger partial charge in [-0.3, -0.25) is 0 Å². The van der Waals surface area contributed by atoms with Crippen LogP contribution in [0.15, 0.2) is 0 Å². The Morgan fingerprint density at radius 3 is 1.88 bits per heavy atom. The van der Waals surface area contributed by atoms with Crippen LogP contribution in [0.4, 0.5) is 4.79 Å². The summed E-state index contributed by atoms with van der Waals surface area (Å²) in [5, 5.41) is 11.3. The molecule has 0 rings (SSSR count). The van der Waals surface area contributed by atoms with Crippen LogP contribution in [0.2, 0.25) is 0 Å². The molecule has 2 N–H and O–H groups in total. The molecule has 0 heterocycles. The number of ether oxygens (including phenoxy) is 3. The van der Waals surface area contributed by atoms with Crippen molar-refractivity contribution in [3.05, 3.63) is 0 Å². The van der Waals surface area contributed by atoms with Crippen molar-refractivity contribution < 1.29 is 28.9 Å². The first-order valence-corrected chi connectivity index (χ1v) is 8.69. The van der Waals surface area contributed by atoms with Crippen molar-refractivity contribution in [2.75, 3.05) is 19.8 Å². The van der Waals surface area contributed by atoms with Crippen molar-refractivity contribution in [3.63, 3.8) is 0 Å². The van der Waals surface area contributed by atoms with Crippen LogP contribution in [0, 0.1) is 0 Å². The number of carbonyl (C=O) groups is 2. The summed E-state index contributed by atoms with van der Waals surface area (Å²) in [5.74, 6) is -1.01. The number of hydrogen-bond acceptors (Lipinski definition) is 5. The van der Waals surface area contributed by atoms with E-state index < -0.39 is 28.9 Å². The third-order valence-electron chi connectivity index (χ3n) is 2.79. The molecule has 0 aliphatic rings. The number of nitrogens with one attached hydrogen (secondary N) is 1. The van der Waals surface area contributed by atoms with Gasteiger partial charge in [0.05, 0.1) is 17.8 Å². The number of aliphatic carboxylic acids is 1. The second kappa shape index (κ2) is 11.3. The van der Waals surface area contributed by atoms with E-state index in [9.17, 15) is 9.59 Å². The number of hydrogen-bond donors (Lipinski definition) is 2. The summed E-state index contributed by atoms with van der Waals surface area (Å²) in [4.78, 5) is 22.1. The molecule has 0 aliphatic heterocycles. The van der Waals surface area contributed by atoms with Crippen molar-refractivity contribution in [2.45, 2.75) is 85.5 Å². The highest BCUT2D eigenvalue weighted by atomic mass is 16.6. The molecule has 0 radical (unpaired) electrons. The monoisotopic (exact) mass is 363 g/mol. The first-order valence-electron chi connectivity index (χ1n) is 8.69. The number of carbonyl (C=O) groups excluding carboxylic acids is 1. The molecule has 25 heavy (non-hydrogen) atoms. The lowest BCUT2D eigenvalue weighted by Crippen LogP contribution is -2.40. The van der Waals surface area contributed by atoms with Crippen molar-refractivity contribution in [1.29, 1.82) is 0 Å². The smallest absolute Gasteiger partial charge is 0.407 e. The molecular weight excluding hydrogens is 326 g/mol. The molecule has 0 saturated heterocycles. The number of alkyl carbamates (subject to hydrolysis) is 1. The average Bonchev–Trinajstić information content (AvgIpc) is 2.44. The van der Waals surface area contributed by atoms with E-state index in [2.05, 4.69) is 5.32 Å². The van der Waals surface area contributed by atoms with Crippen LogP contribution in [0.25, 0.3) is 0 Å². The molecule has 7 heteroatoms. The molecule has 0 aromatic rings. The van der Waals surface area contributed by atoms with Crippen molar-refractivity contribution in [1.82, 2.24) is 5.32 Å². The molecule has 0 spiro atoms. The predicted molar refractivity (Wildman–Crippen MR) is 97.9 cm³/mol. The third-order valence-corrected chi connectivity index (χ3v) is 2.79. The summed E-state index contributed by atoms with van der Waals surface area (Å²) in [5.41, 5.74) is -1.71. The minimum Gasteiger partial charge on any atom is -0.480 e. The Hall–Kier alpha value is -1.34. The molecule has 0 aromatic heterocycles. The lowest BCUT2D eigenvalue weighted by Gasteiger charge is -2.32. The number of carboxylic acids is 1. The minimum atomic E-state index is -1.01. The van der Waals surface area contributed by atoms with Gasteiger partial charge < -0.3 is 24.6 Å². The summed E-state index contributed by atoms with van der Waals surface area (Å²) in [6.07, 6.45) is 0.125. The Labute approximate surface area is 152 Å². The SMILES string of the molecule is CC.CC(C)(C)OC(=O)NCCC(C)(C)OCC(C)(C)OCC(=O)O. The molecular formula is C18H37NO6. The molecule has 150 valence electrons. The van der Waals surface area contributed by atoms with Gasteiger partial charge in [-0.2, -0.15) is 0 Å². The lowest BCUT2D eigenvalue weighted by molar-refractivity contribution is -0.157. The van der Waals surface area contributed by atoms with E-state index in [1.54, 1.807) is 34.6 Å². The minimum absolute atomic E-state index is 0.250. The summed E-state index contributed by atoms with van der Waals surface area (Å²) >= 11 is 0. The summed E-state index contributed by atoms with van der Waals surface area (Å²) in [6, 6.07) is 0. The van der Waals surface area contributed by atoms with Gasteiger partial charge in [0.15, 0.2) is 0 Å². The van der Waals surface area contributed by atoms with Crippen molar-refractivity contribution in [2.24, 2.45) is 0 Å². The zero-order valence-corrected chi connectivity index (χ0v) is 17.3. The summed E-state index contributed by atoms with van der Waals surface area (Å²) in [6.45, 7) is 17.1. The van der Waals surface area contributed by atoms with E-state index in [0.717, 1.165) is 0 Å². The normalized spacial score (nSPS) is 12.0. The Balaban J connectivity index is 0. The highest BCUT2D eigenvalue weighted by molar-refractivity contribution is 5.68. The van der Waals surface area contributed by atoms with Gasteiger partial charge in [0, 0.05) is 6.54 Å². The maximum absolute atomic E-state index is 11.6. The van der Waals surface area contributed by atoms with Gasteiger partial charge in [-0.25, -0.2) is 9.59 Å². The van der Waals surface area contributed by atoms with Crippen LogP contribution < -0.4 is 5.32 Å². The van der Waals surface area contributed by atoms with E-state index in [0.29, 0.717) is 13.0 Å². The van der Waals surface area contributed by atoms with Gasteiger partial charge in [0.2, 0.25) is 0 Å². The second-order valence-electron chi connectivity index (χ2n) is 7.67.